The molecule has 0 unspecified atom stereocenters. The number of hydrogen-bond donors (Lipinski definition) is 2. The molecule has 0 fully saturated rings. The third-order valence-corrected chi connectivity index (χ3v) is 3.93. The van der Waals surface area contributed by atoms with Crippen molar-refractivity contribution in [2.45, 2.75) is 13.8 Å². The molecular formula is C15H15BrN2O. The van der Waals surface area contributed by atoms with Gasteiger partial charge in [0.1, 0.15) is 0 Å². The molecule has 98 valence electrons. The second-order valence-electron chi connectivity index (χ2n) is 4.44. The number of halogens is 1. The van der Waals surface area contributed by atoms with Crippen LogP contribution in [0.3, 0.4) is 0 Å². The second-order valence-corrected chi connectivity index (χ2v) is 5.29. The summed E-state index contributed by atoms with van der Waals surface area (Å²) in [7, 11) is 0. The molecule has 0 saturated carbocycles. The smallest absolute Gasteiger partial charge is 0.256 e. The van der Waals surface area contributed by atoms with Crippen LogP contribution in [-0.2, 0) is 0 Å². The summed E-state index contributed by atoms with van der Waals surface area (Å²) in [6, 6.07) is 11.0. The van der Waals surface area contributed by atoms with Gasteiger partial charge in [-0.15, -0.1) is 0 Å². The van der Waals surface area contributed by atoms with Gasteiger partial charge in [-0.2, -0.15) is 0 Å². The Balaban J connectivity index is 2.26. The quantitative estimate of drug-likeness (QED) is 0.825. The average molecular weight is 319 g/mol. The molecule has 19 heavy (non-hydrogen) atoms. The highest BCUT2D eigenvalue weighted by atomic mass is 79.9. The largest absolute Gasteiger partial charge is 0.398 e. The van der Waals surface area contributed by atoms with E-state index in [9.17, 15) is 4.79 Å². The van der Waals surface area contributed by atoms with Gasteiger partial charge in [0.15, 0.2) is 0 Å². The monoisotopic (exact) mass is 318 g/mol. The summed E-state index contributed by atoms with van der Waals surface area (Å²) < 4.78 is 1.02. The molecule has 4 heteroatoms. The molecule has 0 aliphatic heterocycles. The standard InChI is InChI=1S/C15H15BrN2O/c1-9-8-11(6-7-13(9)16)18-15(19)12-4-3-5-14(17)10(12)2/h3-8H,17H2,1-2H3,(H,18,19). The van der Waals surface area contributed by atoms with Crippen molar-refractivity contribution in [1.29, 1.82) is 0 Å². The Labute approximate surface area is 121 Å². The van der Waals surface area contributed by atoms with E-state index in [4.69, 9.17) is 5.73 Å². The minimum Gasteiger partial charge on any atom is -0.398 e. The topological polar surface area (TPSA) is 55.1 Å². The van der Waals surface area contributed by atoms with Crippen molar-refractivity contribution in [3.05, 3.63) is 57.6 Å². The maximum atomic E-state index is 12.2. The van der Waals surface area contributed by atoms with Crippen molar-refractivity contribution in [2.24, 2.45) is 0 Å². The van der Waals surface area contributed by atoms with Crippen molar-refractivity contribution >= 4 is 33.2 Å². The first-order valence-corrected chi connectivity index (χ1v) is 6.71. The minimum absolute atomic E-state index is 0.147. The zero-order valence-corrected chi connectivity index (χ0v) is 12.4. The first-order chi connectivity index (χ1) is 8.99. The van der Waals surface area contributed by atoms with Gasteiger partial charge in [-0.3, -0.25) is 4.79 Å². The van der Waals surface area contributed by atoms with Crippen LogP contribution in [0.15, 0.2) is 40.9 Å². The Hall–Kier alpha value is -1.81. The van der Waals surface area contributed by atoms with Gasteiger partial charge in [-0.1, -0.05) is 22.0 Å². The number of benzene rings is 2. The number of carbonyl (C=O) groups is 1. The van der Waals surface area contributed by atoms with E-state index in [1.807, 2.05) is 32.0 Å². The van der Waals surface area contributed by atoms with E-state index in [2.05, 4.69) is 21.2 Å². The Kier molecular flexibility index (Phi) is 3.90. The van der Waals surface area contributed by atoms with Gasteiger partial charge in [0.25, 0.3) is 5.91 Å². The molecule has 2 rings (SSSR count). The van der Waals surface area contributed by atoms with Gasteiger partial charge < -0.3 is 11.1 Å². The number of rotatable bonds is 2. The van der Waals surface area contributed by atoms with Gasteiger partial charge in [0, 0.05) is 21.4 Å². The third kappa shape index (κ3) is 2.96. The number of nitrogens with one attached hydrogen (secondary N) is 1. The van der Waals surface area contributed by atoms with E-state index in [0.717, 1.165) is 21.3 Å². The Morgan fingerprint density at radius 2 is 1.95 bits per heavy atom. The molecule has 0 aliphatic carbocycles. The zero-order valence-electron chi connectivity index (χ0n) is 10.8. The van der Waals surface area contributed by atoms with Crippen molar-refractivity contribution < 1.29 is 4.79 Å². The number of aryl methyl sites for hydroxylation is 1. The van der Waals surface area contributed by atoms with Crippen LogP contribution < -0.4 is 11.1 Å². The minimum atomic E-state index is -0.147. The van der Waals surface area contributed by atoms with Crippen LogP contribution in [0.4, 0.5) is 11.4 Å². The van der Waals surface area contributed by atoms with Gasteiger partial charge in [0.2, 0.25) is 0 Å². The molecule has 0 spiro atoms. The number of anilines is 2. The number of hydrogen-bond acceptors (Lipinski definition) is 2. The Morgan fingerprint density at radius 1 is 1.21 bits per heavy atom. The summed E-state index contributed by atoms with van der Waals surface area (Å²) >= 11 is 3.43. The predicted octanol–water partition coefficient (Wildman–Crippen LogP) is 3.90. The van der Waals surface area contributed by atoms with Crippen molar-refractivity contribution in [1.82, 2.24) is 0 Å². The van der Waals surface area contributed by atoms with Crippen LogP contribution in [0, 0.1) is 13.8 Å². The lowest BCUT2D eigenvalue weighted by Crippen LogP contribution is -2.14. The summed E-state index contributed by atoms with van der Waals surface area (Å²) in [5.74, 6) is -0.147. The fourth-order valence-electron chi connectivity index (χ4n) is 1.82. The summed E-state index contributed by atoms with van der Waals surface area (Å²) in [6.07, 6.45) is 0. The predicted molar refractivity (Wildman–Crippen MR) is 82.4 cm³/mol. The average Bonchev–Trinajstić information content (AvgIpc) is 2.37. The van der Waals surface area contributed by atoms with Crippen LogP contribution in [-0.4, -0.2) is 5.91 Å². The molecule has 0 heterocycles. The van der Waals surface area contributed by atoms with Crippen molar-refractivity contribution in [3.8, 4) is 0 Å². The lowest BCUT2D eigenvalue weighted by atomic mass is 10.1. The summed E-state index contributed by atoms with van der Waals surface area (Å²) in [5.41, 5.74) is 9.67. The fraction of sp³-hybridized carbons (Fsp3) is 0.133. The van der Waals surface area contributed by atoms with Crippen molar-refractivity contribution in [2.75, 3.05) is 11.1 Å². The maximum absolute atomic E-state index is 12.2. The van der Waals surface area contributed by atoms with E-state index < -0.39 is 0 Å². The SMILES string of the molecule is Cc1cc(NC(=O)c2cccc(N)c2C)ccc1Br. The lowest BCUT2D eigenvalue weighted by Gasteiger charge is -2.10. The molecule has 2 aromatic rings. The highest BCUT2D eigenvalue weighted by molar-refractivity contribution is 9.10. The van der Waals surface area contributed by atoms with E-state index >= 15 is 0 Å². The van der Waals surface area contributed by atoms with E-state index in [0.29, 0.717) is 11.3 Å². The molecule has 0 aliphatic rings. The highest BCUT2D eigenvalue weighted by Gasteiger charge is 2.11. The molecule has 3 N–H and O–H groups in total. The molecular weight excluding hydrogens is 304 g/mol. The number of nitrogens with two attached hydrogens (primary N) is 1. The fourth-order valence-corrected chi connectivity index (χ4v) is 2.07. The molecule has 0 aromatic heterocycles. The van der Waals surface area contributed by atoms with Crippen LogP contribution in [0.25, 0.3) is 0 Å². The summed E-state index contributed by atoms with van der Waals surface area (Å²) in [4.78, 5) is 12.2. The Morgan fingerprint density at radius 3 is 2.63 bits per heavy atom. The third-order valence-electron chi connectivity index (χ3n) is 3.04. The first kappa shape index (κ1) is 13.6. The Bertz CT molecular complexity index is 638. The normalized spacial score (nSPS) is 10.3. The van der Waals surface area contributed by atoms with E-state index in [1.165, 1.54) is 0 Å². The summed E-state index contributed by atoms with van der Waals surface area (Å²) in [5, 5.41) is 2.88. The zero-order chi connectivity index (χ0) is 14.0. The number of nitrogen functional groups attached to an aromatic ring is 1. The van der Waals surface area contributed by atoms with Gasteiger partial charge in [-0.05, 0) is 55.3 Å². The number of carbonyl (C=O) groups excluding carboxylic acids is 1. The van der Waals surface area contributed by atoms with Gasteiger partial charge >= 0.3 is 0 Å². The summed E-state index contributed by atoms with van der Waals surface area (Å²) in [6.45, 7) is 3.82. The lowest BCUT2D eigenvalue weighted by molar-refractivity contribution is 0.102. The van der Waals surface area contributed by atoms with Crippen LogP contribution >= 0.6 is 15.9 Å². The van der Waals surface area contributed by atoms with Crippen molar-refractivity contribution in [3.63, 3.8) is 0 Å². The highest BCUT2D eigenvalue weighted by Crippen LogP contribution is 2.21. The van der Waals surface area contributed by atoms with Crippen LogP contribution in [0.2, 0.25) is 0 Å². The van der Waals surface area contributed by atoms with Crippen LogP contribution in [0.1, 0.15) is 21.5 Å². The molecule has 1 amide bonds. The maximum Gasteiger partial charge on any atom is 0.256 e. The van der Waals surface area contributed by atoms with Crippen LogP contribution in [0.5, 0.6) is 0 Å². The molecule has 2 aromatic carbocycles. The van der Waals surface area contributed by atoms with E-state index in [1.54, 1.807) is 18.2 Å². The molecule has 0 radical (unpaired) electrons. The second kappa shape index (κ2) is 5.45. The van der Waals surface area contributed by atoms with Gasteiger partial charge in [-0.25, -0.2) is 0 Å². The molecule has 0 saturated heterocycles. The molecule has 3 nitrogen and oxygen atoms in total. The molecule has 0 bridgehead atoms. The first-order valence-electron chi connectivity index (χ1n) is 5.91. The number of amides is 1. The van der Waals surface area contributed by atoms with E-state index in [-0.39, 0.29) is 5.91 Å². The molecule has 0 atom stereocenters. The van der Waals surface area contributed by atoms with Gasteiger partial charge in [0.05, 0.1) is 0 Å².